The molecule has 0 saturated heterocycles. The van der Waals surface area contributed by atoms with Gasteiger partial charge < -0.3 is 9.64 Å². The minimum Gasteiger partial charge on any atom is -0.374 e. The lowest BCUT2D eigenvalue weighted by atomic mass is 10.1. The van der Waals surface area contributed by atoms with Crippen LogP contribution in [0.3, 0.4) is 0 Å². The molecule has 4 nitrogen and oxygen atoms in total. The van der Waals surface area contributed by atoms with E-state index in [4.69, 9.17) is 16.3 Å². The molecule has 20 heavy (non-hydrogen) atoms. The van der Waals surface area contributed by atoms with Gasteiger partial charge in [0.05, 0.1) is 0 Å². The topological polar surface area (TPSA) is 38.2 Å². The third-order valence-electron chi connectivity index (χ3n) is 3.33. The van der Waals surface area contributed by atoms with Crippen LogP contribution in [0.15, 0.2) is 30.3 Å². The Balaban J connectivity index is 1.83. The van der Waals surface area contributed by atoms with E-state index in [-0.39, 0.29) is 0 Å². The first kappa shape index (κ1) is 13.3. The van der Waals surface area contributed by atoms with Crippen LogP contribution in [0.1, 0.15) is 23.9 Å². The zero-order chi connectivity index (χ0) is 13.9. The summed E-state index contributed by atoms with van der Waals surface area (Å²) in [5, 5.41) is 0.459. The van der Waals surface area contributed by atoms with Crippen molar-refractivity contribution in [1.29, 1.82) is 0 Å². The summed E-state index contributed by atoms with van der Waals surface area (Å²) in [7, 11) is 0. The average Bonchev–Trinajstić information content (AvgIpc) is 2.88. The standard InChI is InChI=1S/C15H16ClN3O/c1-2-20-10-14-17-13(16)7-15(18-14)19-8-11-5-3-4-6-12(11)9-19/h3-7H,2,8-10H2,1H3. The Labute approximate surface area is 123 Å². The van der Waals surface area contributed by atoms with E-state index < -0.39 is 0 Å². The summed E-state index contributed by atoms with van der Waals surface area (Å²) in [5.41, 5.74) is 2.68. The SMILES string of the molecule is CCOCc1nc(Cl)cc(N2Cc3ccccc3C2)n1. The van der Waals surface area contributed by atoms with E-state index >= 15 is 0 Å². The quantitative estimate of drug-likeness (QED) is 0.810. The molecule has 1 aliphatic heterocycles. The van der Waals surface area contributed by atoms with Crippen LogP contribution in [0.5, 0.6) is 0 Å². The van der Waals surface area contributed by atoms with Gasteiger partial charge >= 0.3 is 0 Å². The fourth-order valence-corrected chi connectivity index (χ4v) is 2.56. The Morgan fingerprint density at radius 1 is 1.20 bits per heavy atom. The van der Waals surface area contributed by atoms with Crippen LogP contribution >= 0.6 is 11.6 Å². The molecular weight excluding hydrogens is 274 g/mol. The number of hydrogen-bond donors (Lipinski definition) is 0. The molecule has 0 amide bonds. The summed E-state index contributed by atoms with van der Waals surface area (Å²) in [4.78, 5) is 10.9. The van der Waals surface area contributed by atoms with Crippen molar-refractivity contribution in [2.24, 2.45) is 0 Å². The molecule has 1 aliphatic rings. The molecule has 0 bridgehead atoms. The van der Waals surface area contributed by atoms with Crippen molar-refractivity contribution >= 4 is 17.4 Å². The van der Waals surface area contributed by atoms with Crippen molar-refractivity contribution in [1.82, 2.24) is 9.97 Å². The van der Waals surface area contributed by atoms with Crippen LogP contribution in [0, 0.1) is 0 Å². The number of benzene rings is 1. The van der Waals surface area contributed by atoms with Crippen LogP contribution in [-0.2, 0) is 24.4 Å². The van der Waals surface area contributed by atoms with Crippen molar-refractivity contribution in [2.75, 3.05) is 11.5 Å². The first-order chi connectivity index (χ1) is 9.76. The van der Waals surface area contributed by atoms with E-state index in [9.17, 15) is 0 Å². The van der Waals surface area contributed by atoms with Gasteiger partial charge in [-0.3, -0.25) is 0 Å². The van der Waals surface area contributed by atoms with Crippen molar-refractivity contribution in [3.8, 4) is 0 Å². The van der Waals surface area contributed by atoms with Crippen LogP contribution < -0.4 is 4.90 Å². The number of rotatable bonds is 4. The summed E-state index contributed by atoms with van der Waals surface area (Å²) in [5.74, 6) is 1.49. The number of halogens is 1. The Morgan fingerprint density at radius 3 is 2.55 bits per heavy atom. The van der Waals surface area contributed by atoms with Gasteiger partial charge in [0.2, 0.25) is 0 Å². The molecule has 2 heterocycles. The maximum Gasteiger partial charge on any atom is 0.158 e. The lowest BCUT2D eigenvalue weighted by molar-refractivity contribution is 0.128. The molecule has 0 fully saturated rings. The summed E-state index contributed by atoms with van der Waals surface area (Å²) in [6.07, 6.45) is 0. The smallest absolute Gasteiger partial charge is 0.158 e. The molecular formula is C15H16ClN3O. The molecule has 0 radical (unpaired) electrons. The van der Waals surface area contributed by atoms with Gasteiger partial charge in [-0.1, -0.05) is 35.9 Å². The van der Waals surface area contributed by atoms with Crippen LogP contribution in [0.25, 0.3) is 0 Å². The molecule has 1 aromatic heterocycles. The number of hydrogen-bond acceptors (Lipinski definition) is 4. The minimum atomic E-state index is 0.394. The monoisotopic (exact) mass is 289 g/mol. The molecule has 0 N–H and O–H groups in total. The second-order valence-electron chi connectivity index (χ2n) is 4.73. The second kappa shape index (κ2) is 5.77. The maximum absolute atomic E-state index is 6.09. The summed E-state index contributed by atoms with van der Waals surface area (Å²) < 4.78 is 5.35. The van der Waals surface area contributed by atoms with Gasteiger partial charge in [0, 0.05) is 25.8 Å². The van der Waals surface area contributed by atoms with E-state index in [0.717, 1.165) is 18.9 Å². The number of aromatic nitrogens is 2. The number of nitrogens with zero attached hydrogens (tertiary/aromatic N) is 3. The average molecular weight is 290 g/mol. The summed E-state index contributed by atoms with van der Waals surface area (Å²) in [6.45, 7) is 4.70. The van der Waals surface area contributed by atoms with Gasteiger partial charge in [0.1, 0.15) is 17.6 Å². The van der Waals surface area contributed by atoms with Crippen molar-refractivity contribution in [3.63, 3.8) is 0 Å². The van der Waals surface area contributed by atoms with Crippen LogP contribution in [0.2, 0.25) is 5.15 Å². The predicted octanol–water partition coefficient (Wildman–Crippen LogP) is 3.19. The minimum absolute atomic E-state index is 0.394. The van der Waals surface area contributed by atoms with Gasteiger partial charge in [-0.2, -0.15) is 0 Å². The second-order valence-corrected chi connectivity index (χ2v) is 5.11. The molecule has 104 valence electrons. The van der Waals surface area contributed by atoms with Gasteiger partial charge in [-0.05, 0) is 18.1 Å². The van der Waals surface area contributed by atoms with Crippen LogP contribution in [0.4, 0.5) is 5.82 Å². The predicted molar refractivity (Wildman–Crippen MR) is 78.7 cm³/mol. The zero-order valence-electron chi connectivity index (χ0n) is 11.3. The molecule has 0 unspecified atom stereocenters. The molecule has 0 saturated carbocycles. The van der Waals surface area contributed by atoms with E-state index in [1.165, 1.54) is 11.1 Å². The first-order valence-corrected chi connectivity index (χ1v) is 7.07. The van der Waals surface area contributed by atoms with E-state index in [1.54, 1.807) is 0 Å². The highest BCUT2D eigenvalue weighted by Gasteiger charge is 2.20. The molecule has 5 heteroatoms. The number of ether oxygens (including phenoxy) is 1. The van der Waals surface area contributed by atoms with Gasteiger partial charge in [-0.15, -0.1) is 0 Å². The van der Waals surface area contributed by atoms with Gasteiger partial charge in [-0.25, -0.2) is 9.97 Å². The molecule has 0 spiro atoms. The van der Waals surface area contributed by atoms with E-state index in [1.807, 2.05) is 13.0 Å². The van der Waals surface area contributed by atoms with Crippen molar-refractivity contribution in [2.45, 2.75) is 26.6 Å². The third kappa shape index (κ3) is 2.76. The summed E-state index contributed by atoms with van der Waals surface area (Å²) >= 11 is 6.09. The Hall–Kier alpha value is -1.65. The lowest BCUT2D eigenvalue weighted by Gasteiger charge is -2.17. The molecule has 2 aromatic rings. The third-order valence-corrected chi connectivity index (χ3v) is 3.52. The highest BCUT2D eigenvalue weighted by molar-refractivity contribution is 6.29. The van der Waals surface area contributed by atoms with Crippen molar-refractivity contribution in [3.05, 3.63) is 52.4 Å². The Bertz CT molecular complexity index is 593. The molecule has 0 aliphatic carbocycles. The first-order valence-electron chi connectivity index (χ1n) is 6.69. The lowest BCUT2D eigenvalue weighted by Crippen LogP contribution is -2.17. The molecule has 3 rings (SSSR count). The fraction of sp³-hybridized carbons (Fsp3) is 0.333. The van der Waals surface area contributed by atoms with E-state index in [2.05, 4.69) is 39.1 Å². The van der Waals surface area contributed by atoms with Gasteiger partial charge in [0.15, 0.2) is 5.82 Å². The normalized spacial score (nSPS) is 13.6. The maximum atomic E-state index is 6.09. The Kier molecular flexibility index (Phi) is 3.85. The fourth-order valence-electron chi connectivity index (χ4n) is 2.37. The largest absolute Gasteiger partial charge is 0.374 e. The van der Waals surface area contributed by atoms with E-state index in [0.29, 0.717) is 24.2 Å². The highest BCUT2D eigenvalue weighted by atomic mass is 35.5. The Morgan fingerprint density at radius 2 is 1.90 bits per heavy atom. The molecule has 0 atom stereocenters. The highest BCUT2D eigenvalue weighted by Crippen LogP contribution is 2.27. The number of fused-ring (bicyclic) bond motifs is 1. The zero-order valence-corrected chi connectivity index (χ0v) is 12.1. The molecule has 1 aromatic carbocycles. The summed E-state index contributed by atoms with van der Waals surface area (Å²) in [6, 6.07) is 10.2. The van der Waals surface area contributed by atoms with Crippen molar-refractivity contribution < 1.29 is 4.74 Å². The van der Waals surface area contributed by atoms with Crippen LogP contribution in [-0.4, -0.2) is 16.6 Å². The number of anilines is 1. The van der Waals surface area contributed by atoms with Gasteiger partial charge in [0.25, 0.3) is 0 Å².